The Hall–Kier alpha value is -3.24. The predicted molar refractivity (Wildman–Crippen MR) is 87.9 cm³/mol. The van der Waals surface area contributed by atoms with Gasteiger partial charge in [0.25, 0.3) is 0 Å². The molecule has 0 bridgehead atoms. The van der Waals surface area contributed by atoms with Gasteiger partial charge in [-0.05, 0) is 38.1 Å². The summed E-state index contributed by atoms with van der Waals surface area (Å²) in [5, 5.41) is 24.5. The number of nitrogens with zero attached hydrogens (tertiary/aromatic N) is 2. The first kappa shape index (κ1) is 15.2. The zero-order chi connectivity index (χ0) is 15.9. The Morgan fingerprint density at radius 3 is 1.41 bits per heavy atom. The molecule has 0 saturated heterocycles. The van der Waals surface area contributed by atoms with Crippen molar-refractivity contribution in [2.24, 2.45) is 0 Å². The molecule has 2 aromatic rings. The molecule has 0 radical (unpaired) electrons. The van der Waals surface area contributed by atoms with Gasteiger partial charge >= 0.3 is 0 Å². The van der Waals surface area contributed by atoms with Gasteiger partial charge in [0.2, 0.25) is 0 Å². The molecular weight excluding hydrogens is 272 g/mol. The Bertz CT molecular complexity index is 691. The molecule has 0 aromatic heterocycles. The summed E-state index contributed by atoms with van der Waals surface area (Å²) >= 11 is 0. The van der Waals surface area contributed by atoms with Gasteiger partial charge in [-0.15, -0.1) is 0 Å². The van der Waals surface area contributed by atoms with Crippen LogP contribution in [0.4, 0.5) is 11.4 Å². The molecule has 2 aromatic carbocycles. The molecule has 2 rings (SSSR count). The molecule has 0 atom stereocenters. The second-order valence-corrected chi connectivity index (χ2v) is 4.96. The third-order valence-electron chi connectivity index (χ3n) is 3.12. The smallest absolute Gasteiger partial charge is 0.170 e. The highest BCUT2D eigenvalue weighted by Crippen LogP contribution is 2.17. The minimum Gasteiger partial charge on any atom is -0.340 e. The lowest BCUT2D eigenvalue weighted by Crippen LogP contribution is -2.12. The molecule has 0 saturated carbocycles. The number of hydrogen-bond acceptors (Lipinski definition) is 4. The van der Waals surface area contributed by atoms with Gasteiger partial charge in [-0.25, -0.2) is 0 Å². The van der Waals surface area contributed by atoms with Crippen LogP contribution in [0.2, 0.25) is 0 Å². The van der Waals surface area contributed by atoms with E-state index in [4.69, 9.17) is 10.5 Å². The van der Waals surface area contributed by atoms with Crippen molar-refractivity contribution in [1.82, 2.24) is 0 Å². The maximum atomic E-state index is 9.13. The van der Waals surface area contributed by atoms with Crippen molar-refractivity contribution in [2.75, 3.05) is 10.6 Å². The van der Waals surface area contributed by atoms with Crippen LogP contribution in [0.3, 0.4) is 0 Å². The van der Waals surface area contributed by atoms with E-state index in [1.807, 2.05) is 74.5 Å². The third kappa shape index (κ3) is 3.88. The first-order chi connectivity index (χ1) is 10.6. The second-order valence-electron chi connectivity index (χ2n) is 4.96. The van der Waals surface area contributed by atoms with Gasteiger partial charge in [-0.1, -0.05) is 35.4 Å². The summed E-state index contributed by atoms with van der Waals surface area (Å²) < 4.78 is 0. The number of anilines is 2. The van der Waals surface area contributed by atoms with Crippen LogP contribution in [0, 0.1) is 36.5 Å². The van der Waals surface area contributed by atoms with Crippen LogP contribution in [0.25, 0.3) is 0 Å². The maximum Gasteiger partial charge on any atom is 0.170 e. The van der Waals surface area contributed by atoms with E-state index in [-0.39, 0.29) is 5.57 Å². The van der Waals surface area contributed by atoms with Gasteiger partial charge in [0.15, 0.2) is 5.57 Å². The summed E-state index contributed by atoms with van der Waals surface area (Å²) in [6.07, 6.45) is 0. The minimum atomic E-state index is 0.00106. The molecule has 0 fully saturated rings. The molecule has 4 heteroatoms. The fourth-order valence-corrected chi connectivity index (χ4v) is 1.86. The highest BCUT2D eigenvalue weighted by Gasteiger charge is 2.07. The van der Waals surface area contributed by atoms with Crippen molar-refractivity contribution in [2.45, 2.75) is 13.8 Å². The van der Waals surface area contributed by atoms with E-state index in [1.54, 1.807) is 0 Å². The van der Waals surface area contributed by atoms with E-state index in [1.165, 1.54) is 0 Å². The van der Waals surface area contributed by atoms with Gasteiger partial charge in [0.05, 0.1) is 0 Å². The number of nitrogens with one attached hydrogen (secondary N) is 2. The summed E-state index contributed by atoms with van der Waals surface area (Å²) in [5.74, 6) is 0.373. The largest absolute Gasteiger partial charge is 0.340 e. The molecule has 0 unspecified atom stereocenters. The number of rotatable bonds is 4. The molecular formula is C18H16N4. The standard InChI is InChI=1S/C18H16N4/c1-13-3-7-16(8-4-13)21-18(15(11-19)12-20)22-17-9-5-14(2)6-10-17/h3-10,21-22H,1-2H3. The van der Waals surface area contributed by atoms with Crippen LogP contribution in [0.1, 0.15) is 11.1 Å². The van der Waals surface area contributed by atoms with Gasteiger partial charge in [-0.2, -0.15) is 10.5 Å². The van der Waals surface area contributed by atoms with E-state index in [2.05, 4.69) is 10.6 Å². The van der Waals surface area contributed by atoms with E-state index in [9.17, 15) is 0 Å². The average molecular weight is 288 g/mol. The monoisotopic (exact) mass is 288 g/mol. The normalized spacial score (nSPS) is 9.27. The number of nitriles is 2. The third-order valence-corrected chi connectivity index (χ3v) is 3.12. The number of benzene rings is 2. The second kappa shape index (κ2) is 6.97. The van der Waals surface area contributed by atoms with Crippen molar-refractivity contribution in [3.63, 3.8) is 0 Å². The van der Waals surface area contributed by atoms with Crippen LogP contribution in [-0.4, -0.2) is 0 Å². The Kier molecular flexibility index (Phi) is 4.80. The Morgan fingerprint density at radius 1 is 0.727 bits per heavy atom. The molecule has 22 heavy (non-hydrogen) atoms. The lowest BCUT2D eigenvalue weighted by molar-refractivity contribution is 1.31. The highest BCUT2D eigenvalue weighted by molar-refractivity contribution is 5.61. The molecule has 108 valence electrons. The van der Waals surface area contributed by atoms with Crippen molar-refractivity contribution < 1.29 is 0 Å². The van der Waals surface area contributed by atoms with Crippen molar-refractivity contribution in [3.8, 4) is 12.1 Å². The highest BCUT2D eigenvalue weighted by atomic mass is 15.1. The summed E-state index contributed by atoms with van der Waals surface area (Å²) in [7, 11) is 0. The fourth-order valence-electron chi connectivity index (χ4n) is 1.86. The van der Waals surface area contributed by atoms with Crippen LogP contribution in [0.5, 0.6) is 0 Å². The van der Waals surface area contributed by atoms with Gasteiger partial charge in [-0.3, -0.25) is 0 Å². The van der Waals surface area contributed by atoms with Crippen LogP contribution in [-0.2, 0) is 0 Å². The molecule has 0 aliphatic heterocycles. The molecule has 0 amide bonds. The van der Waals surface area contributed by atoms with Gasteiger partial charge in [0.1, 0.15) is 18.0 Å². The summed E-state index contributed by atoms with van der Waals surface area (Å²) in [6, 6.07) is 19.3. The topological polar surface area (TPSA) is 71.6 Å². The molecule has 0 aliphatic carbocycles. The summed E-state index contributed by atoms with van der Waals surface area (Å²) in [5.41, 5.74) is 3.90. The molecule has 0 aliphatic rings. The van der Waals surface area contributed by atoms with Crippen LogP contribution >= 0.6 is 0 Å². The van der Waals surface area contributed by atoms with E-state index < -0.39 is 0 Å². The van der Waals surface area contributed by atoms with Crippen LogP contribution < -0.4 is 10.6 Å². The van der Waals surface area contributed by atoms with Crippen molar-refractivity contribution in [3.05, 3.63) is 71.1 Å². The first-order valence-corrected chi connectivity index (χ1v) is 6.84. The fraction of sp³-hybridized carbons (Fsp3) is 0.111. The number of aryl methyl sites for hydroxylation is 2. The first-order valence-electron chi connectivity index (χ1n) is 6.84. The summed E-state index contributed by atoms with van der Waals surface area (Å²) in [4.78, 5) is 0. The van der Waals surface area contributed by atoms with E-state index in [0.717, 1.165) is 22.5 Å². The molecule has 0 heterocycles. The average Bonchev–Trinajstić information content (AvgIpc) is 2.53. The van der Waals surface area contributed by atoms with E-state index in [0.29, 0.717) is 5.82 Å². The van der Waals surface area contributed by atoms with Crippen molar-refractivity contribution >= 4 is 11.4 Å². The predicted octanol–water partition coefficient (Wildman–Crippen LogP) is 4.09. The van der Waals surface area contributed by atoms with Gasteiger partial charge < -0.3 is 10.6 Å². The quantitative estimate of drug-likeness (QED) is 0.831. The molecule has 4 nitrogen and oxygen atoms in total. The lowest BCUT2D eigenvalue weighted by atomic mass is 10.2. The van der Waals surface area contributed by atoms with Crippen molar-refractivity contribution in [1.29, 1.82) is 10.5 Å². The molecule has 0 spiro atoms. The SMILES string of the molecule is Cc1ccc(NC(Nc2ccc(C)cc2)=C(C#N)C#N)cc1. The Labute approximate surface area is 130 Å². The maximum absolute atomic E-state index is 9.13. The zero-order valence-electron chi connectivity index (χ0n) is 12.5. The lowest BCUT2D eigenvalue weighted by Gasteiger charge is -2.14. The number of allylic oxidation sites excluding steroid dienone is 1. The Balaban J connectivity index is 2.30. The van der Waals surface area contributed by atoms with E-state index >= 15 is 0 Å². The zero-order valence-corrected chi connectivity index (χ0v) is 12.5. The van der Waals surface area contributed by atoms with Crippen LogP contribution in [0.15, 0.2) is 59.9 Å². The number of hydrogen-bond donors (Lipinski definition) is 2. The minimum absolute atomic E-state index is 0.00106. The van der Waals surface area contributed by atoms with Gasteiger partial charge in [0, 0.05) is 11.4 Å². The molecule has 2 N–H and O–H groups in total. The Morgan fingerprint density at radius 2 is 1.09 bits per heavy atom. The summed E-state index contributed by atoms with van der Waals surface area (Å²) in [6.45, 7) is 4.00.